The zero-order chi connectivity index (χ0) is 12.3. The Kier molecular flexibility index (Phi) is 3.19. The van der Waals surface area contributed by atoms with E-state index < -0.39 is 5.91 Å². The number of carbonyl (C=O) groups is 1. The van der Waals surface area contributed by atoms with Gasteiger partial charge in [0.1, 0.15) is 0 Å². The van der Waals surface area contributed by atoms with E-state index in [2.05, 4.69) is 6.92 Å². The van der Waals surface area contributed by atoms with Gasteiger partial charge in [-0.15, -0.1) is 5.12 Å². The van der Waals surface area contributed by atoms with Gasteiger partial charge in [0.15, 0.2) is 0 Å². The number of nitrogens with zero attached hydrogens (tertiary/aromatic N) is 1. The summed E-state index contributed by atoms with van der Waals surface area (Å²) in [4.78, 5) is 11.8. The molecule has 2 aromatic carbocycles. The summed E-state index contributed by atoms with van der Waals surface area (Å²) in [6.45, 7) is 3.70. The molecular formula is C14H11FNO. The van der Waals surface area contributed by atoms with Crippen molar-refractivity contribution in [1.29, 1.82) is 0 Å². The third-order valence-electron chi connectivity index (χ3n) is 2.36. The number of anilines is 1. The van der Waals surface area contributed by atoms with Crippen LogP contribution in [0.3, 0.4) is 0 Å². The molecule has 0 saturated heterocycles. The van der Waals surface area contributed by atoms with E-state index in [0.717, 1.165) is 5.56 Å². The number of amides is 1. The Bertz CT molecular complexity index is 508. The Balaban J connectivity index is 2.23. The number of halogens is 1. The van der Waals surface area contributed by atoms with Gasteiger partial charge in [-0.2, -0.15) is 0 Å². The molecule has 85 valence electrons. The molecule has 0 saturated carbocycles. The maximum absolute atomic E-state index is 13.8. The number of hydrogen-bond acceptors (Lipinski definition) is 1. The van der Waals surface area contributed by atoms with Crippen LogP contribution in [0.15, 0.2) is 54.6 Å². The first-order valence-corrected chi connectivity index (χ1v) is 5.16. The van der Waals surface area contributed by atoms with E-state index in [0.29, 0.717) is 5.56 Å². The molecule has 2 aromatic rings. The standard InChI is InChI=1S/C14H11FNO/c1-11-7-9-13(10-8-11)16(15)14(17)12-5-3-2-4-6-12/h2-10H,1H2. The van der Waals surface area contributed by atoms with Gasteiger partial charge in [0.25, 0.3) is 5.91 Å². The molecule has 0 atom stereocenters. The highest BCUT2D eigenvalue weighted by atomic mass is 19.2. The van der Waals surface area contributed by atoms with Crippen LogP contribution in [0.1, 0.15) is 15.9 Å². The number of carbonyl (C=O) groups excluding carboxylic acids is 1. The minimum Gasteiger partial charge on any atom is -0.266 e. The quantitative estimate of drug-likeness (QED) is 0.721. The van der Waals surface area contributed by atoms with Gasteiger partial charge in [-0.1, -0.05) is 34.8 Å². The van der Waals surface area contributed by atoms with Gasteiger partial charge in [-0.3, -0.25) is 4.79 Å². The molecule has 0 aliphatic carbocycles. The van der Waals surface area contributed by atoms with Gasteiger partial charge < -0.3 is 0 Å². The van der Waals surface area contributed by atoms with Crippen LogP contribution in [0.5, 0.6) is 0 Å². The molecule has 0 N–H and O–H groups in total. The summed E-state index contributed by atoms with van der Waals surface area (Å²) in [6, 6.07) is 14.7. The first-order valence-electron chi connectivity index (χ1n) is 5.16. The fourth-order valence-electron chi connectivity index (χ4n) is 1.44. The Morgan fingerprint density at radius 1 is 1.00 bits per heavy atom. The summed E-state index contributed by atoms with van der Waals surface area (Å²) in [5.74, 6) is -0.678. The number of benzene rings is 2. The van der Waals surface area contributed by atoms with Gasteiger partial charge >= 0.3 is 0 Å². The summed E-state index contributed by atoms with van der Waals surface area (Å²) in [5, 5.41) is 0.134. The zero-order valence-electron chi connectivity index (χ0n) is 9.14. The SMILES string of the molecule is [CH2]c1ccc(N(F)C(=O)c2ccccc2)cc1. The van der Waals surface area contributed by atoms with Crippen LogP contribution in [0, 0.1) is 6.92 Å². The minimum atomic E-state index is -0.678. The molecule has 1 amide bonds. The molecule has 0 fully saturated rings. The smallest absolute Gasteiger partial charge is 0.266 e. The third-order valence-corrected chi connectivity index (χ3v) is 2.36. The van der Waals surface area contributed by atoms with Crippen molar-refractivity contribution in [3.63, 3.8) is 0 Å². The second kappa shape index (κ2) is 4.78. The molecule has 0 aliphatic rings. The van der Waals surface area contributed by atoms with E-state index in [-0.39, 0.29) is 10.8 Å². The second-order valence-electron chi connectivity index (χ2n) is 3.62. The van der Waals surface area contributed by atoms with Crippen molar-refractivity contribution < 1.29 is 9.28 Å². The maximum atomic E-state index is 13.8. The van der Waals surface area contributed by atoms with E-state index in [4.69, 9.17) is 0 Å². The van der Waals surface area contributed by atoms with E-state index in [1.54, 1.807) is 42.5 Å². The molecule has 0 spiro atoms. The van der Waals surface area contributed by atoms with Crippen LogP contribution in [0.25, 0.3) is 0 Å². The third kappa shape index (κ3) is 2.50. The Morgan fingerprint density at radius 3 is 2.18 bits per heavy atom. The highest BCUT2D eigenvalue weighted by molar-refractivity contribution is 6.04. The van der Waals surface area contributed by atoms with Crippen LogP contribution in [0.4, 0.5) is 10.2 Å². The predicted octanol–water partition coefficient (Wildman–Crippen LogP) is 3.40. The molecule has 2 nitrogen and oxygen atoms in total. The Labute approximate surface area is 99.2 Å². The topological polar surface area (TPSA) is 20.3 Å². The van der Waals surface area contributed by atoms with Gasteiger partial charge in [-0.25, -0.2) is 0 Å². The lowest BCUT2D eigenvalue weighted by Crippen LogP contribution is -2.21. The summed E-state index contributed by atoms with van der Waals surface area (Å²) in [7, 11) is 0. The van der Waals surface area contributed by atoms with Crippen molar-refractivity contribution in [2.75, 3.05) is 5.12 Å². The Morgan fingerprint density at radius 2 is 1.59 bits per heavy atom. The molecule has 0 aromatic heterocycles. The molecule has 17 heavy (non-hydrogen) atoms. The highest BCUT2D eigenvalue weighted by Gasteiger charge is 2.16. The van der Waals surface area contributed by atoms with Crippen LogP contribution in [0.2, 0.25) is 0 Å². The summed E-state index contributed by atoms with van der Waals surface area (Å²) in [5.41, 5.74) is 1.29. The molecule has 0 aliphatic heterocycles. The second-order valence-corrected chi connectivity index (χ2v) is 3.62. The van der Waals surface area contributed by atoms with Crippen molar-refractivity contribution >= 4 is 11.6 Å². The molecule has 2 rings (SSSR count). The van der Waals surface area contributed by atoms with E-state index in [1.165, 1.54) is 12.1 Å². The van der Waals surface area contributed by atoms with Crippen molar-refractivity contribution in [3.05, 3.63) is 72.6 Å². The van der Waals surface area contributed by atoms with Crippen LogP contribution < -0.4 is 5.12 Å². The minimum absolute atomic E-state index is 0.134. The number of rotatable bonds is 2. The lowest BCUT2D eigenvalue weighted by Gasteiger charge is -2.11. The summed E-state index contributed by atoms with van der Waals surface area (Å²) in [6.07, 6.45) is 0. The van der Waals surface area contributed by atoms with Gasteiger partial charge in [0.05, 0.1) is 5.69 Å². The van der Waals surface area contributed by atoms with E-state index in [1.807, 2.05) is 0 Å². The maximum Gasteiger partial charge on any atom is 0.286 e. The van der Waals surface area contributed by atoms with Gasteiger partial charge in [-0.05, 0) is 36.8 Å². The average Bonchev–Trinajstić information content (AvgIpc) is 2.39. The molecule has 0 unspecified atom stereocenters. The molecule has 1 radical (unpaired) electrons. The van der Waals surface area contributed by atoms with Crippen molar-refractivity contribution in [1.82, 2.24) is 0 Å². The molecule has 0 bridgehead atoms. The van der Waals surface area contributed by atoms with E-state index >= 15 is 0 Å². The molecule has 3 heteroatoms. The summed E-state index contributed by atoms with van der Waals surface area (Å²) >= 11 is 0. The zero-order valence-corrected chi connectivity index (χ0v) is 9.14. The first kappa shape index (κ1) is 11.3. The monoisotopic (exact) mass is 228 g/mol. The molecule has 0 heterocycles. The fraction of sp³-hybridized carbons (Fsp3) is 0. The van der Waals surface area contributed by atoms with Crippen molar-refractivity contribution in [2.45, 2.75) is 0 Å². The van der Waals surface area contributed by atoms with Crippen molar-refractivity contribution in [3.8, 4) is 0 Å². The normalized spacial score (nSPS) is 10.0. The lowest BCUT2D eigenvalue weighted by molar-refractivity contribution is 0.0931. The lowest BCUT2D eigenvalue weighted by atomic mass is 10.2. The molecular weight excluding hydrogens is 217 g/mol. The van der Waals surface area contributed by atoms with Crippen molar-refractivity contribution in [2.24, 2.45) is 0 Å². The van der Waals surface area contributed by atoms with Crippen LogP contribution >= 0.6 is 0 Å². The summed E-state index contributed by atoms with van der Waals surface area (Å²) < 4.78 is 13.8. The highest BCUT2D eigenvalue weighted by Crippen LogP contribution is 2.18. The van der Waals surface area contributed by atoms with E-state index in [9.17, 15) is 9.28 Å². The first-order chi connectivity index (χ1) is 8.18. The van der Waals surface area contributed by atoms with Crippen LogP contribution in [-0.2, 0) is 0 Å². The predicted molar refractivity (Wildman–Crippen MR) is 65.3 cm³/mol. The van der Waals surface area contributed by atoms with Gasteiger partial charge in [0.2, 0.25) is 0 Å². The fourth-order valence-corrected chi connectivity index (χ4v) is 1.44. The largest absolute Gasteiger partial charge is 0.286 e. The van der Waals surface area contributed by atoms with Crippen LogP contribution in [-0.4, -0.2) is 5.91 Å². The average molecular weight is 228 g/mol. The Hall–Kier alpha value is -2.16. The number of hydrogen-bond donors (Lipinski definition) is 0. The van der Waals surface area contributed by atoms with Gasteiger partial charge in [0, 0.05) is 5.56 Å².